The highest BCUT2D eigenvalue weighted by Gasteiger charge is 2.35. The SMILES string of the molecule is COCCCN1C(=O)c2ccc(C(=O)Nc3ccccc3NC(=O)c3cccnc3)cc2C1=O. The van der Waals surface area contributed by atoms with Crippen LogP contribution in [0.15, 0.2) is 67.0 Å². The molecule has 172 valence electrons. The van der Waals surface area contributed by atoms with Crippen LogP contribution in [0.4, 0.5) is 11.4 Å². The largest absolute Gasteiger partial charge is 0.385 e. The Kier molecular flexibility index (Phi) is 6.74. The van der Waals surface area contributed by atoms with E-state index in [2.05, 4.69) is 15.6 Å². The first-order valence-electron chi connectivity index (χ1n) is 10.6. The zero-order valence-corrected chi connectivity index (χ0v) is 18.4. The molecule has 0 radical (unpaired) electrons. The van der Waals surface area contributed by atoms with E-state index in [0.29, 0.717) is 30.0 Å². The third kappa shape index (κ3) is 4.69. The average molecular weight is 458 g/mol. The Morgan fingerprint density at radius 3 is 2.21 bits per heavy atom. The molecule has 0 saturated heterocycles. The number of anilines is 2. The van der Waals surface area contributed by atoms with Crippen LogP contribution in [0.2, 0.25) is 0 Å². The molecule has 0 fully saturated rings. The van der Waals surface area contributed by atoms with Crippen LogP contribution in [0.1, 0.15) is 47.9 Å². The maximum Gasteiger partial charge on any atom is 0.261 e. The van der Waals surface area contributed by atoms with Gasteiger partial charge in [-0.15, -0.1) is 0 Å². The van der Waals surface area contributed by atoms with Gasteiger partial charge in [-0.25, -0.2) is 0 Å². The van der Waals surface area contributed by atoms with Crippen LogP contribution in [0.3, 0.4) is 0 Å². The Labute approximate surface area is 195 Å². The summed E-state index contributed by atoms with van der Waals surface area (Å²) in [4.78, 5) is 55.8. The third-order valence-electron chi connectivity index (χ3n) is 5.31. The van der Waals surface area contributed by atoms with Crippen molar-refractivity contribution in [1.82, 2.24) is 9.88 Å². The van der Waals surface area contributed by atoms with Crippen LogP contribution in [-0.2, 0) is 4.74 Å². The van der Waals surface area contributed by atoms with Crippen LogP contribution in [0.25, 0.3) is 0 Å². The molecule has 9 nitrogen and oxygen atoms in total. The van der Waals surface area contributed by atoms with Gasteiger partial charge in [-0.2, -0.15) is 0 Å². The molecule has 0 spiro atoms. The Morgan fingerprint density at radius 2 is 1.56 bits per heavy atom. The highest BCUT2D eigenvalue weighted by Crippen LogP contribution is 2.26. The molecule has 1 aliphatic heterocycles. The zero-order valence-electron chi connectivity index (χ0n) is 18.4. The molecule has 0 bridgehead atoms. The number of methoxy groups -OCH3 is 1. The van der Waals surface area contributed by atoms with Gasteiger partial charge in [0.05, 0.1) is 28.1 Å². The van der Waals surface area contributed by atoms with E-state index in [-0.39, 0.29) is 35.0 Å². The maximum absolute atomic E-state index is 12.9. The number of hydrogen-bond donors (Lipinski definition) is 2. The number of hydrogen-bond acceptors (Lipinski definition) is 6. The molecular formula is C25H22N4O5. The van der Waals surface area contributed by atoms with Crippen molar-refractivity contribution in [1.29, 1.82) is 0 Å². The zero-order chi connectivity index (χ0) is 24.1. The third-order valence-corrected chi connectivity index (χ3v) is 5.31. The van der Waals surface area contributed by atoms with Crippen molar-refractivity contribution in [3.63, 3.8) is 0 Å². The lowest BCUT2D eigenvalue weighted by molar-refractivity contribution is 0.0638. The topological polar surface area (TPSA) is 118 Å². The summed E-state index contributed by atoms with van der Waals surface area (Å²) < 4.78 is 4.98. The number of rotatable bonds is 8. The molecule has 1 aromatic heterocycles. The molecule has 9 heteroatoms. The van der Waals surface area contributed by atoms with Crippen molar-refractivity contribution in [3.8, 4) is 0 Å². The van der Waals surface area contributed by atoms with Gasteiger partial charge in [0, 0.05) is 38.2 Å². The van der Waals surface area contributed by atoms with E-state index >= 15 is 0 Å². The van der Waals surface area contributed by atoms with Crippen LogP contribution in [-0.4, -0.2) is 53.8 Å². The number of nitrogens with zero attached hydrogens (tertiary/aromatic N) is 2. The molecule has 0 aliphatic carbocycles. The summed E-state index contributed by atoms with van der Waals surface area (Å²) in [5.74, 6) is -1.67. The fourth-order valence-corrected chi connectivity index (χ4v) is 3.59. The smallest absolute Gasteiger partial charge is 0.261 e. The van der Waals surface area contributed by atoms with Gasteiger partial charge in [-0.1, -0.05) is 12.1 Å². The molecule has 1 aliphatic rings. The fraction of sp³-hybridized carbons (Fsp3) is 0.160. The maximum atomic E-state index is 12.9. The molecule has 2 N–H and O–H groups in total. The predicted octanol–water partition coefficient (Wildman–Crippen LogP) is 3.22. The minimum Gasteiger partial charge on any atom is -0.385 e. The Morgan fingerprint density at radius 1 is 0.882 bits per heavy atom. The normalized spacial score (nSPS) is 12.4. The molecule has 4 amide bonds. The molecule has 4 rings (SSSR count). The molecule has 34 heavy (non-hydrogen) atoms. The first-order chi connectivity index (χ1) is 16.5. The van der Waals surface area contributed by atoms with Crippen LogP contribution in [0.5, 0.6) is 0 Å². The van der Waals surface area contributed by atoms with Gasteiger partial charge in [-0.05, 0) is 48.9 Å². The Bertz CT molecular complexity index is 1260. The van der Waals surface area contributed by atoms with Crippen molar-refractivity contribution < 1.29 is 23.9 Å². The fourth-order valence-electron chi connectivity index (χ4n) is 3.59. The number of para-hydroxylation sites is 2. The number of amides is 4. The molecule has 2 aromatic carbocycles. The summed E-state index contributed by atoms with van der Waals surface area (Å²) in [6, 6.07) is 14.4. The summed E-state index contributed by atoms with van der Waals surface area (Å²) in [5.41, 5.74) is 1.83. The van der Waals surface area contributed by atoms with Gasteiger partial charge in [-0.3, -0.25) is 29.1 Å². The summed E-state index contributed by atoms with van der Waals surface area (Å²) >= 11 is 0. The highest BCUT2D eigenvalue weighted by molar-refractivity contribution is 6.22. The van der Waals surface area contributed by atoms with Gasteiger partial charge < -0.3 is 15.4 Å². The summed E-state index contributed by atoms with van der Waals surface area (Å²) in [6.45, 7) is 0.670. The van der Waals surface area contributed by atoms with E-state index in [1.807, 2.05) is 0 Å². The number of nitrogens with one attached hydrogen (secondary N) is 2. The minimum absolute atomic E-state index is 0.188. The summed E-state index contributed by atoms with van der Waals surface area (Å²) in [6.07, 6.45) is 3.54. The number of fused-ring (bicyclic) bond motifs is 1. The number of imide groups is 1. The van der Waals surface area contributed by atoms with Crippen molar-refractivity contribution >= 4 is 35.0 Å². The van der Waals surface area contributed by atoms with Crippen molar-refractivity contribution in [2.45, 2.75) is 6.42 Å². The number of carbonyl (C=O) groups is 4. The van der Waals surface area contributed by atoms with Gasteiger partial charge in [0.15, 0.2) is 0 Å². The number of pyridine rings is 1. The molecule has 0 saturated carbocycles. The number of carbonyl (C=O) groups excluding carboxylic acids is 4. The van der Waals surface area contributed by atoms with Crippen molar-refractivity contribution in [2.24, 2.45) is 0 Å². The Balaban J connectivity index is 1.50. The average Bonchev–Trinajstić information content (AvgIpc) is 3.10. The van der Waals surface area contributed by atoms with E-state index in [9.17, 15) is 19.2 Å². The van der Waals surface area contributed by atoms with E-state index in [1.54, 1.807) is 49.7 Å². The second kappa shape index (κ2) is 10.1. The molecular weight excluding hydrogens is 436 g/mol. The van der Waals surface area contributed by atoms with E-state index in [0.717, 1.165) is 4.90 Å². The molecule has 2 heterocycles. The summed E-state index contributed by atoms with van der Waals surface area (Å²) in [5, 5.41) is 5.52. The van der Waals surface area contributed by atoms with Crippen molar-refractivity contribution in [3.05, 3.63) is 89.2 Å². The molecule has 0 unspecified atom stereocenters. The van der Waals surface area contributed by atoms with Crippen LogP contribution in [0, 0.1) is 0 Å². The monoisotopic (exact) mass is 458 g/mol. The molecule has 0 atom stereocenters. The lowest BCUT2D eigenvalue weighted by Crippen LogP contribution is -2.31. The number of benzene rings is 2. The highest BCUT2D eigenvalue weighted by atomic mass is 16.5. The van der Waals surface area contributed by atoms with E-state index in [1.165, 1.54) is 24.4 Å². The molecule has 3 aromatic rings. The first kappa shape index (κ1) is 22.8. The second-order valence-electron chi connectivity index (χ2n) is 7.56. The first-order valence-corrected chi connectivity index (χ1v) is 10.6. The van der Waals surface area contributed by atoms with Gasteiger partial charge >= 0.3 is 0 Å². The summed E-state index contributed by atoms with van der Waals surface area (Å²) in [7, 11) is 1.55. The lowest BCUT2D eigenvalue weighted by atomic mass is 10.1. The lowest BCUT2D eigenvalue weighted by Gasteiger charge is -2.13. The predicted molar refractivity (Wildman–Crippen MR) is 125 cm³/mol. The van der Waals surface area contributed by atoms with Gasteiger partial charge in [0.25, 0.3) is 23.6 Å². The number of aromatic nitrogens is 1. The van der Waals surface area contributed by atoms with Gasteiger partial charge in [0.1, 0.15) is 0 Å². The van der Waals surface area contributed by atoms with Crippen molar-refractivity contribution in [2.75, 3.05) is 30.9 Å². The van der Waals surface area contributed by atoms with Crippen LogP contribution < -0.4 is 10.6 Å². The number of ether oxygens (including phenoxy) is 1. The van der Waals surface area contributed by atoms with E-state index < -0.39 is 11.8 Å². The quantitative estimate of drug-likeness (QED) is 0.395. The van der Waals surface area contributed by atoms with Gasteiger partial charge in [0.2, 0.25) is 0 Å². The Hall–Kier alpha value is -4.37. The van der Waals surface area contributed by atoms with Crippen LogP contribution >= 0.6 is 0 Å². The second-order valence-corrected chi connectivity index (χ2v) is 7.56. The standard InChI is InChI=1S/C25H22N4O5/c1-34-13-5-12-29-24(32)18-10-9-16(14-19(18)25(29)33)22(30)27-20-7-2-3-8-21(20)28-23(31)17-6-4-11-26-15-17/h2-4,6-11,14-15H,5,12-13H2,1H3,(H,27,30)(H,28,31). The van der Waals surface area contributed by atoms with E-state index in [4.69, 9.17) is 4.74 Å². The minimum atomic E-state index is -0.482.